The minimum atomic E-state index is -0.809. The molecule has 0 saturated heterocycles. The van der Waals surface area contributed by atoms with Crippen molar-refractivity contribution < 1.29 is 28.6 Å². The molecule has 0 saturated carbocycles. The highest BCUT2D eigenvalue weighted by atomic mass is 16.6. The van der Waals surface area contributed by atoms with E-state index in [1.807, 2.05) is 0 Å². The van der Waals surface area contributed by atoms with Gasteiger partial charge in [-0.2, -0.15) is 0 Å². The Hall–Kier alpha value is -4.45. The SMILES string of the molecule is CC/C=C\C/C=C\C/C=C\C/C=C\C/C=C\C/C=C\C/C=C\C/C=C\CCCCC(=O)OCC(COC(=O)CCCCCCCCCCCCCCCCCCCCC)OC(=O)CCCCCCCC/C=C\C/C=C\C/C=C\CCCCC. The van der Waals surface area contributed by atoms with E-state index in [2.05, 4.69) is 154 Å². The topological polar surface area (TPSA) is 78.9 Å². The van der Waals surface area contributed by atoms with Crippen molar-refractivity contribution in [2.45, 2.75) is 322 Å². The molecule has 1 atom stereocenters. The van der Waals surface area contributed by atoms with Gasteiger partial charge in [0.1, 0.15) is 13.2 Å². The van der Waals surface area contributed by atoms with Crippen LogP contribution in [0.15, 0.2) is 134 Å². The van der Waals surface area contributed by atoms with Gasteiger partial charge in [0.15, 0.2) is 6.10 Å². The maximum atomic E-state index is 12.9. The number of carbonyl (C=O) groups excluding carboxylic acids is 3. The highest BCUT2D eigenvalue weighted by Crippen LogP contribution is 2.16. The molecular formula is C77H128O6. The van der Waals surface area contributed by atoms with Crippen molar-refractivity contribution in [3.05, 3.63) is 134 Å². The average Bonchev–Trinajstić information content (AvgIpc) is 3.50. The fraction of sp³-hybridized carbons (Fsp3) is 0.675. The number of hydrogen-bond acceptors (Lipinski definition) is 6. The van der Waals surface area contributed by atoms with Crippen LogP contribution in [-0.2, 0) is 28.6 Å². The number of carbonyl (C=O) groups is 3. The van der Waals surface area contributed by atoms with E-state index in [-0.39, 0.29) is 31.1 Å². The van der Waals surface area contributed by atoms with Gasteiger partial charge in [-0.15, -0.1) is 0 Å². The molecular weight excluding hydrogens is 1020 g/mol. The molecule has 472 valence electrons. The van der Waals surface area contributed by atoms with Gasteiger partial charge in [0.25, 0.3) is 0 Å². The summed E-state index contributed by atoms with van der Waals surface area (Å²) in [7, 11) is 0. The molecule has 6 nitrogen and oxygen atoms in total. The van der Waals surface area contributed by atoms with Gasteiger partial charge in [0, 0.05) is 19.3 Å². The largest absolute Gasteiger partial charge is 0.462 e. The van der Waals surface area contributed by atoms with E-state index in [0.717, 1.165) is 128 Å². The molecule has 0 aliphatic heterocycles. The van der Waals surface area contributed by atoms with E-state index in [4.69, 9.17) is 14.2 Å². The summed E-state index contributed by atoms with van der Waals surface area (Å²) in [5.41, 5.74) is 0. The third-order valence-corrected chi connectivity index (χ3v) is 14.6. The predicted octanol–water partition coefficient (Wildman–Crippen LogP) is 24.1. The van der Waals surface area contributed by atoms with Crippen molar-refractivity contribution in [3.63, 3.8) is 0 Å². The van der Waals surface area contributed by atoms with Crippen LogP contribution in [0.1, 0.15) is 316 Å². The maximum absolute atomic E-state index is 12.9. The van der Waals surface area contributed by atoms with Gasteiger partial charge >= 0.3 is 17.9 Å². The normalized spacial score (nSPS) is 13.0. The molecule has 1 unspecified atom stereocenters. The summed E-state index contributed by atoms with van der Waals surface area (Å²) in [4.78, 5) is 38.5. The van der Waals surface area contributed by atoms with Gasteiger partial charge in [-0.05, 0) is 122 Å². The molecule has 0 amide bonds. The first kappa shape index (κ1) is 78.5. The van der Waals surface area contributed by atoms with E-state index in [1.165, 1.54) is 141 Å². The van der Waals surface area contributed by atoms with Gasteiger partial charge in [0.05, 0.1) is 0 Å². The number of ether oxygens (including phenoxy) is 3. The lowest BCUT2D eigenvalue weighted by atomic mass is 10.0. The van der Waals surface area contributed by atoms with Crippen molar-refractivity contribution in [1.82, 2.24) is 0 Å². The highest BCUT2D eigenvalue weighted by molar-refractivity contribution is 5.71. The number of esters is 3. The molecule has 0 fully saturated rings. The van der Waals surface area contributed by atoms with E-state index in [0.29, 0.717) is 25.7 Å². The van der Waals surface area contributed by atoms with Crippen molar-refractivity contribution in [3.8, 4) is 0 Å². The quantitative estimate of drug-likeness (QED) is 0.0261. The lowest BCUT2D eigenvalue weighted by Gasteiger charge is -2.18. The van der Waals surface area contributed by atoms with Gasteiger partial charge in [-0.1, -0.05) is 309 Å². The average molecular weight is 1150 g/mol. The molecule has 0 bridgehead atoms. The number of rotatable bonds is 62. The molecule has 0 aliphatic rings. The smallest absolute Gasteiger partial charge is 0.306 e. The Labute approximate surface area is 513 Å². The lowest BCUT2D eigenvalue weighted by molar-refractivity contribution is -0.167. The summed E-state index contributed by atoms with van der Waals surface area (Å²) >= 11 is 0. The molecule has 0 aromatic rings. The minimum absolute atomic E-state index is 0.0983. The molecule has 83 heavy (non-hydrogen) atoms. The van der Waals surface area contributed by atoms with Crippen molar-refractivity contribution in [1.29, 1.82) is 0 Å². The molecule has 0 spiro atoms. The van der Waals surface area contributed by atoms with E-state index in [9.17, 15) is 14.4 Å². The second kappa shape index (κ2) is 70.0. The van der Waals surface area contributed by atoms with Crippen molar-refractivity contribution in [2.24, 2.45) is 0 Å². The van der Waals surface area contributed by atoms with Crippen LogP contribution in [0.2, 0.25) is 0 Å². The Morgan fingerprint density at radius 2 is 0.470 bits per heavy atom. The van der Waals surface area contributed by atoms with E-state index in [1.54, 1.807) is 0 Å². The fourth-order valence-electron chi connectivity index (χ4n) is 9.47. The van der Waals surface area contributed by atoms with Crippen LogP contribution in [-0.4, -0.2) is 37.2 Å². The van der Waals surface area contributed by atoms with E-state index >= 15 is 0 Å². The second-order valence-electron chi connectivity index (χ2n) is 22.7. The highest BCUT2D eigenvalue weighted by Gasteiger charge is 2.19. The van der Waals surface area contributed by atoms with Gasteiger partial charge in [0.2, 0.25) is 0 Å². The first-order valence-electron chi connectivity index (χ1n) is 34.7. The van der Waals surface area contributed by atoms with Crippen LogP contribution in [0.5, 0.6) is 0 Å². The molecule has 0 rings (SSSR count). The van der Waals surface area contributed by atoms with Crippen molar-refractivity contribution in [2.75, 3.05) is 13.2 Å². The maximum Gasteiger partial charge on any atom is 0.306 e. The van der Waals surface area contributed by atoms with Crippen LogP contribution < -0.4 is 0 Å². The zero-order chi connectivity index (χ0) is 59.9. The van der Waals surface area contributed by atoms with Crippen LogP contribution >= 0.6 is 0 Å². The van der Waals surface area contributed by atoms with Gasteiger partial charge in [-0.25, -0.2) is 0 Å². The minimum Gasteiger partial charge on any atom is -0.462 e. The third kappa shape index (κ3) is 68.2. The molecule has 0 N–H and O–H groups in total. The van der Waals surface area contributed by atoms with Crippen molar-refractivity contribution >= 4 is 17.9 Å². The molecule has 0 radical (unpaired) electrons. The van der Waals surface area contributed by atoms with Crippen LogP contribution in [0.25, 0.3) is 0 Å². The Balaban J connectivity index is 4.48. The Kier molecular flexibility index (Phi) is 66.3. The second-order valence-corrected chi connectivity index (χ2v) is 22.7. The first-order chi connectivity index (χ1) is 41.0. The number of unbranched alkanes of at least 4 members (excludes halogenated alkanes) is 29. The lowest BCUT2D eigenvalue weighted by Crippen LogP contribution is -2.30. The van der Waals surface area contributed by atoms with Crippen LogP contribution in [0.4, 0.5) is 0 Å². The zero-order valence-corrected chi connectivity index (χ0v) is 54.2. The number of allylic oxidation sites excluding steroid dienone is 22. The van der Waals surface area contributed by atoms with E-state index < -0.39 is 6.10 Å². The van der Waals surface area contributed by atoms with Crippen LogP contribution in [0.3, 0.4) is 0 Å². The Morgan fingerprint density at radius 3 is 0.783 bits per heavy atom. The molecule has 0 heterocycles. The molecule has 0 aromatic heterocycles. The molecule has 6 heteroatoms. The summed E-state index contributed by atoms with van der Waals surface area (Å²) in [5, 5.41) is 0. The molecule has 0 aromatic carbocycles. The monoisotopic (exact) mass is 1150 g/mol. The summed E-state index contributed by atoms with van der Waals surface area (Å²) in [6.45, 7) is 6.48. The van der Waals surface area contributed by atoms with Crippen LogP contribution in [0, 0.1) is 0 Å². The Bertz CT molecular complexity index is 1750. The predicted molar refractivity (Wildman–Crippen MR) is 362 cm³/mol. The summed E-state index contributed by atoms with van der Waals surface area (Å²) in [5.74, 6) is -0.948. The van der Waals surface area contributed by atoms with Gasteiger partial charge < -0.3 is 14.2 Å². The fourth-order valence-corrected chi connectivity index (χ4v) is 9.47. The zero-order valence-electron chi connectivity index (χ0n) is 54.2. The first-order valence-corrected chi connectivity index (χ1v) is 34.7. The van der Waals surface area contributed by atoms with Gasteiger partial charge in [-0.3, -0.25) is 14.4 Å². The summed E-state index contributed by atoms with van der Waals surface area (Å²) in [6, 6.07) is 0. The Morgan fingerprint density at radius 1 is 0.253 bits per heavy atom. The third-order valence-electron chi connectivity index (χ3n) is 14.6. The standard InChI is InChI=1S/C77H128O6/c1-4-7-10-13-16-19-22-25-28-31-34-35-36-37-38-39-40-41-44-46-49-52-55-58-61-64-67-70-76(79)82-73-74(83-77(80)71-68-65-62-59-56-53-50-47-43-33-30-27-24-21-18-15-12-9-6-3)72-81-75(78)69-66-63-60-57-54-51-48-45-42-32-29-26-23-20-17-14-11-8-5-2/h7,10,16,18-19,21,25,27-28,30,34-35,37-38,40-41,43,46-47,49,55,58,74H,4-6,8-9,11-15,17,20,22-24,26,29,31-33,36,39,42,44-45,48,50-54,56-57,59-73H2,1-3H3/b10-7-,19-16-,21-18-,28-25-,30-27-,35-34-,38-37-,41-40-,47-43-,49-46-,58-55-. The summed E-state index contributed by atoms with van der Waals surface area (Å²) in [6.07, 6.45) is 98.9. The molecule has 0 aliphatic carbocycles. The summed E-state index contributed by atoms with van der Waals surface area (Å²) < 4.78 is 16.9. The number of hydrogen-bond donors (Lipinski definition) is 0.